The molecule has 1 aromatic carbocycles. The predicted octanol–water partition coefficient (Wildman–Crippen LogP) is 3.24. The monoisotopic (exact) mass is 260 g/mol. The van der Waals surface area contributed by atoms with E-state index in [-0.39, 0.29) is 0 Å². The molecule has 0 amide bonds. The summed E-state index contributed by atoms with van der Waals surface area (Å²) in [5.74, 6) is 1.45. The SMILES string of the molecule is CC(C)c1ccc(CNCC2CCCN(C)C2)cc1. The molecule has 106 valence electrons. The average molecular weight is 260 g/mol. The van der Waals surface area contributed by atoms with Crippen LogP contribution in [0.5, 0.6) is 0 Å². The second kappa shape index (κ2) is 7.06. The molecule has 1 atom stereocenters. The van der Waals surface area contributed by atoms with Crippen LogP contribution >= 0.6 is 0 Å². The van der Waals surface area contributed by atoms with Crippen molar-refractivity contribution in [3.63, 3.8) is 0 Å². The van der Waals surface area contributed by atoms with E-state index in [2.05, 4.69) is 55.4 Å². The molecule has 2 rings (SSSR count). The Morgan fingerprint density at radius 3 is 2.63 bits per heavy atom. The number of hydrogen-bond donors (Lipinski definition) is 1. The first-order valence-electron chi connectivity index (χ1n) is 7.63. The van der Waals surface area contributed by atoms with Crippen molar-refractivity contribution in [2.45, 2.75) is 39.2 Å². The Morgan fingerprint density at radius 2 is 2.00 bits per heavy atom. The van der Waals surface area contributed by atoms with Gasteiger partial charge in [-0.3, -0.25) is 0 Å². The summed E-state index contributed by atoms with van der Waals surface area (Å²) in [6.07, 6.45) is 2.73. The lowest BCUT2D eigenvalue weighted by Gasteiger charge is -2.29. The minimum absolute atomic E-state index is 0.625. The highest BCUT2D eigenvalue weighted by molar-refractivity contribution is 5.24. The second-order valence-electron chi connectivity index (χ2n) is 6.30. The maximum absolute atomic E-state index is 3.61. The van der Waals surface area contributed by atoms with Gasteiger partial charge in [-0.05, 0) is 55.9 Å². The van der Waals surface area contributed by atoms with E-state index in [9.17, 15) is 0 Å². The van der Waals surface area contributed by atoms with E-state index < -0.39 is 0 Å². The van der Waals surface area contributed by atoms with Crippen molar-refractivity contribution in [3.8, 4) is 0 Å². The van der Waals surface area contributed by atoms with Crippen LogP contribution in [-0.4, -0.2) is 31.6 Å². The van der Waals surface area contributed by atoms with Crippen LogP contribution in [0.15, 0.2) is 24.3 Å². The van der Waals surface area contributed by atoms with Gasteiger partial charge in [-0.15, -0.1) is 0 Å². The van der Waals surface area contributed by atoms with Crippen LogP contribution in [0, 0.1) is 5.92 Å². The van der Waals surface area contributed by atoms with E-state index in [0.29, 0.717) is 5.92 Å². The summed E-state index contributed by atoms with van der Waals surface area (Å²) in [5, 5.41) is 3.61. The lowest BCUT2D eigenvalue weighted by molar-refractivity contribution is 0.206. The van der Waals surface area contributed by atoms with Crippen LogP contribution in [0.3, 0.4) is 0 Å². The van der Waals surface area contributed by atoms with Gasteiger partial charge in [0.15, 0.2) is 0 Å². The quantitative estimate of drug-likeness (QED) is 0.874. The Morgan fingerprint density at radius 1 is 1.26 bits per heavy atom. The zero-order valence-electron chi connectivity index (χ0n) is 12.7. The summed E-state index contributed by atoms with van der Waals surface area (Å²) in [7, 11) is 2.23. The Labute approximate surface area is 118 Å². The first kappa shape index (κ1) is 14.5. The number of benzene rings is 1. The maximum Gasteiger partial charge on any atom is 0.0205 e. The van der Waals surface area contributed by atoms with Gasteiger partial charge in [-0.2, -0.15) is 0 Å². The van der Waals surface area contributed by atoms with Crippen LogP contribution < -0.4 is 5.32 Å². The predicted molar refractivity (Wildman–Crippen MR) is 82.5 cm³/mol. The third kappa shape index (κ3) is 4.63. The number of rotatable bonds is 5. The normalized spacial score (nSPS) is 20.9. The zero-order chi connectivity index (χ0) is 13.7. The summed E-state index contributed by atoms with van der Waals surface area (Å²) >= 11 is 0. The largest absolute Gasteiger partial charge is 0.312 e. The summed E-state index contributed by atoms with van der Waals surface area (Å²) in [4.78, 5) is 2.45. The fraction of sp³-hybridized carbons (Fsp3) is 0.647. The fourth-order valence-electron chi connectivity index (χ4n) is 2.88. The van der Waals surface area contributed by atoms with E-state index in [0.717, 1.165) is 19.0 Å². The molecule has 0 radical (unpaired) electrons. The number of hydrogen-bond acceptors (Lipinski definition) is 2. The summed E-state index contributed by atoms with van der Waals surface area (Å²) in [5.41, 5.74) is 2.83. The van der Waals surface area contributed by atoms with Crippen molar-refractivity contribution in [2.24, 2.45) is 5.92 Å². The van der Waals surface area contributed by atoms with Crippen LogP contribution in [0.25, 0.3) is 0 Å². The number of likely N-dealkylation sites (tertiary alicyclic amines) is 1. The van der Waals surface area contributed by atoms with Gasteiger partial charge < -0.3 is 10.2 Å². The van der Waals surface area contributed by atoms with Gasteiger partial charge in [-0.25, -0.2) is 0 Å². The summed E-state index contributed by atoms with van der Waals surface area (Å²) in [6.45, 7) is 9.15. The molecular formula is C17H28N2. The smallest absolute Gasteiger partial charge is 0.0205 e. The van der Waals surface area contributed by atoms with Gasteiger partial charge in [0.25, 0.3) is 0 Å². The standard InChI is InChI=1S/C17H28N2/c1-14(2)17-8-6-15(7-9-17)11-18-12-16-5-4-10-19(3)13-16/h6-9,14,16,18H,4-5,10-13H2,1-3H3. The topological polar surface area (TPSA) is 15.3 Å². The van der Waals surface area contributed by atoms with E-state index in [1.807, 2.05) is 0 Å². The van der Waals surface area contributed by atoms with Gasteiger partial charge in [0, 0.05) is 13.1 Å². The molecule has 1 heterocycles. The lowest BCUT2D eigenvalue weighted by Crippen LogP contribution is -2.37. The van der Waals surface area contributed by atoms with Crippen molar-refractivity contribution < 1.29 is 0 Å². The molecule has 0 aromatic heterocycles. The van der Waals surface area contributed by atoms with E-state index in [4.69, 9.17) is 0 Å². The Kier molecular flexibility index (Phi) is 5.41. The molecule has 1 saturated heterocycles. The van der Waals surface area contributed by atoms with Crippen molar-refractivity contribution >= 4 is 0 Å². The molecule has 0 saturated carbocycles. The highest BCUT2D eigenvalue weighted by Gasteiger charge is 2.16. The molecule has 1 unspecified atom stereocenters. The van der Waals surface area contributed by atoms with Crippen LogP contribution in [0.1, 0.15) is 43.7 Å². The molecule has 1 aromatic rings. The van der Waals surface area contributed by atoms with Gasteiger partial charge in [0.1, 0.15) is 0 Å². The van der Waals surface area contributed by atoms with Crippen LogP contribution in [-0.2, 0) is 6.54 Å². The molecule has 1 N–H and O–H groups in total. The summed E-state index contributed by atoms with van der Waals surface area (Å²) in [6, 6.07) is 9.04. The Balaban J connectivity index is 1.73. The van der Waals surface area contributed by atoms with Gasteiger partial charge in [0.05, 0.1) is 0 Å². The van der Waals surface area contributed by atoms with Crippen molar-refractivity contribution in [1.29, 1.82) is 0 Å². The molecule has 19 heavy (non-hydrogen) atoms. The number of nitrogens with one attached hydrogen (secondary N) is 1. The second-order valence-corrected chi connectivity index (χ2v) is 6.30. The molecule has 1 aliphatic heterocycles. The highest BCUT2D eigenvalue weighted by Crippen LogP contribution is 2.16. The summed E-state index contributed by atoms with van der Waals surface area (Å²) < 4.78 is 0. The van der Waals surface area contributed by atoms with Gasteiger partial charge in [-0.1, -0.05) is 38.1 Å². The molecule has 0 bridgehead atoms. The first-order valence-corrected chi connectivity index (χ1v) is 7.63. The Hall–Kier alpha value is -0.860. The minimum atomic E-state index is 0.625. The number of nitrogens with zero attached hydrogens (tertiary/aromatic N) is 1. The molecular weight excluding hydrogens is 232 g/mol. The third-order valence-electron chi connectivity index (χ3n) is 4.13. The van der Waals surface area contributed by atoms with Gasteiger partial charge >= 0.3 is 0 Å². The van der Waals surface area contributed by atoms with Crippen molar-refractivity contribution in [3.05, 3.63) is 35.4 Å². The zero-order valence-corrected chi connectivity index (χ0v) is 12.7. The minimum Gasteiger partial charge on any atom is -0.312 e. The Bertz CT molecular complexity index is 369. The van der Waals surface area contributed by atoms with E-state index in [1.54, 1.807) is 0 Å². The highest BCUT2D eigenvalue weighted by atomic mass is 15.1. The third-order valence-corrected chi connectivity index (χ3v) is 4.13. The van der Waals surface area contributed by atoms with Crippen LogP contribution in [0.2, 0.25) is 0 Å². The van der Waals surface area contributed by atoms with Crippen molar-refractivity contribution in [1.82, 2.24) is 10.2 Å². The van der Waals surface area contributed by atoms with Crippen LogP contribution in [0.4, 0.5) is 0 Å². The average Bonchev–Trinajstić information content (AvgIpc) is 2.39. The number of piperidine rings is 1. The van der Waals surface area contributed by atoms with E-state index >= 15 is 0 Å². The molecule has 0 aliphatic carbocycles. The molecule has 1 fully saturated rings. The molecule has 0 spiro atoms. The molecule has 2 heteroatoms. The van der Waals surface area contributed by atoms with Gasteiger partial charge in [0.2, 0.25) is 0 Å². The fourth-order valence-corrected chi connectivity index (χ4v) is 2.88. The van der Waals surface area contributed by atoms with E-state index in [1.165, 1.54) is 37.1 Å². The lowest BCUT2D eigenvalue weighted by atomic mass is 9.98. The molecule has 2 nitrogen and oxygen atoms in total. The maximum atomic E-state index is 3.61. The first-order chi connectivity index (χ1) is 9.15. The van der Waals surface area contributed by atoms with Crippen molar-refractivity contribution in [2.75, 3.05) is 26.7 Å². The molecule has 1 aliphatic rings.